The average Bonchev–Trinajstić information content (AvgIpc) is 2.08. The third-order valence-corrected chi connectivity index (χ3v) is 1.58. The highest BCUT2D eigenvalue weighted by Gasteiger charge is 2.15. The third kappa shape index (κ3) is 2.36. The van der Waals surface area contributed by atoms with Gasteiger partial charge in [-0.2, -0.15) is 0 Å². The normalized spacial score (nSPS) is 9.93. The van der Waals surface area contributed by atoms with Crippen LogP contribution >= 0.6 is 0 Å². The lowest BCUT2D eigenvalue weighted by Gasteiger charge is -2.00. The van der Waals surface area contributed by atoms with Crippen molar-refractivity contribution in [3.63, 3.8) is 0 Å². The van der Waals surface area contributed by atoms with Gasteiger partial charge in [-0.3, -0.25) is 29.3 Å². The zero-order valence-electron chi connectivity index (χ0n) is 7.72. The van der Waals surface area contributed by atoms with Gasteiger partial charge < -0.3 is 0 Å². The molecule has 15 heavy (non-hydrogen) atoms. The van der Waals surface area contributed by atoms with Gasteiger partial charge >= 0.3 is 16.9 Å². The Morgan fingerprint density at radius 1 is 1.60 bits per heavy atom. The molecule has 0 atom stereocenters. The summed E-state index contributed by atoms with van der Waals surface area (Å²) in [6.45, 7) is 0.917. The highest BCUT2D eigenvalue weighted by atomic mass is 16.6. The Morgan fingerprint density at radius 2 is 2.20 bits per heavy atom. The lowest BCUT2D eigenvalue weighted by molar-refractivity contribution is -0.386. The minimum Gasteiger partial charge on any atom is -0.298 e. The summed E-state index contributed by atoms with van der Waals surface area (Å²) < 4.78 is 0.780. The number of Topliss-reactive ketones (excluding diaryl/α,β-unsaturated/α-hetero) is 1. The molecule has 0 aromatic carbocycles. The first-order valence-electron chi connectivity index (χ1n) is 3.89. The maximum absolute atomic E-state index is 11.1. The summed E-state index contributed by atoms with van der Waals surface area (Å²) in [5.74, 6) is -0.349. The predicted molar refractivity (Wildman–Crippen MR) is 48.7 cm³/mol. The topological polar surface area (TPSA) is 115 Å². The van der Waals surface area contributed by atoms with Crippen LogP contribution in [0.5, 0.6) is 0 Å². The SMILES string of the molecule is CC(=O)Cn1cc([N+](=O)[O-])c(=O)[nH]c1=O. The van der Waals surface area contributed by atoms with E-state index in [1.807, 2.05) is 0 Å². The summed E-state index contributed by atoms with van der Waals surface area (Å²) in [7, 11) is 0. The lowest BCUT2D eigenvalue weighted by Crippen LogP contribution is -2.32. The van der Waals surface area contributed by atoms with Crippen LogP contribution in [0.25, 0.3) is 0 Å². The number of carbonyl (C=O) groups is 1. The van der Waals surface area contributed by atoms with Crippen LogP contribution in [0.4, 0.5) is 5.69 Å². The van der Waals surface area contributed by atoms with Gasteiger partial charge in [0.1, 0.15) is 5.78 Å². The number of aromatic amines is 1. The second kappa shape index (κ2) is 3.86. The van der Waals surface area contributed by atoms with Gasteiger partial charge in [0.2, 0.25) is 0 Å². The van der Waals surface area contributed by atoms with E-state index >= 15 is 0 Å². The van der Waals surface area contributed by atoms with Crippen LogP contribution in [-0.4, -0.2) is 20.3 Å². The molecule has 0 spiro atoms. The molecule has 0 aliphatic rings. The molecule has 1 aromatic heterocycles. The van der Waals surface area contributed by atoms with Gasteiger partial charge in [0.15, 0.2) is 0 Å². The molecule has 0 bridgehead atoms. The van der Waals surface area contributed by atoms with Crippen LogP contribution in [-0.2, 0) is 11.3 Å². The number of aromatic nitrogens is 2. The van der Waals surface area contributed by atoms with Crippen molar-refractivity contribution in [1.29, 1.82) is 0 Å². The van der Waals surface area contributed by atoms with E-state index in [0.717, 1.165) is 10.8 Å². The molecule has 8 heteroatoms. The van der Waals surface area contributed by atoms with Crippen LogP contribution in [0.3, 0.4) is 0 Å². The molecule has 8 nitrogen and oxygen atoms in total. The number of ketones is 1. The minimum absolute atomic E-state index is 0.309. The van der Waals surface area contributed by atoms with Crippen molar-refractivity contribution >= 4 is 11.5 Å². The Bertz CT molecular complexity index is 526. The molecule has 0 fully saturated rings. The van der Waals surface area contributed by atoms with E-state index in [2.05, 4.69) is 0 Å². The van der Waals surface area contributed by atoms with E-state index in [0.29, 0.717) is 0 Å². The van der Waals surface area contributed by atoms with E-state index in [1.54, 1.807) is 4.98 Å². The third-order valence-electron chi connectivity index (χ3n) is 1.58. The van der Waals surface area contributed by atoms with Gasteiger partial charge in [0.25, 0.3) is 0 Å². The molecule has 1 N–H and O–H groups in total. The van der Waals surface area contributed by atoms with E-state index in [1.165, 1.54) is 6.92 Å². The van der Waals surface area contributed by atoms with Gasteiger partial charge in [0.05, 0.1) is 17.7 Å². The predicted octanol–water partition coefficient (Wildman–Crippen LogP) is -0.966. The van der Waals surface area contributed by atoms with Gasteiger partial charge in [-0.1, -0.05) is 0 Å². The van der Waals surface area contributed by atoms with Crippen LogP contribution in [0.2, 0.25) is 0 Å². The summed E-state index contributed by atoms with van der Waals surface area (Å²) >= 11 is 0. The number of H-pyrrole nitrogens is 1. The Balaban J connectivity index is 3.36. The van der Waals surface area contributed by atoms with Gasteiger partial charge in [-0.05, 0) is 6.92 Å². The maximum atomic E-state index is 11.1. The van der Waals surface area contributed by atoms with Crippen molar-refractivity contribution in [1.82, 2.24) is 9.55 Å². The Morgan fingerprint density at radius 3 is 2.67 bits per heavy atom. The summed E-state index contributed by atoms with van der Waals surface area (Å²) in [6, 6.07) is 0. The van der Waals surface area contributed by atoms with Gasteiger partial charge in [0, 0.05) is 0 Å². The molecule has 80 valence electrons. The molecular formula is C7H7N3O5. The standard InChI is InChI=1S/C7H7N3O5/c1-4(11)2-9-3-5(10(14)15)6(12)8-7(9)13/h3H,2H2,1H3,(H,8,12,13). The molecule has 0 saturated heterocycles. The first kappa shape index (κ1) is 10.8. The average molecular weight is 213 g/mol. The van der Waals surface area contributed by atoms with Crippen LogP contribution in [0.15, 0.2) is 15.8 Å². The number of hydrogen-bond acceptors (Lipinski definition) is 5. The number of rotatable bonds is 3. The van der Waals surface area contributed by atoms with Crippen molar-refractivity contribution in [2.75, 3.05) is 0 Å². The Kier molecular flexibility index (Phi) is 2.79. The highest BCUT2D eigenvalue weighted by Crippen LogP contribution is 1.98. The van der Waals surface area contributed by atoms with E-state index in [9.17, 15) is 24.5 Å². The number of nitro groups is 1. The molecule has 0 amide bonds. The van der Waals surface area contributed by atoms with E-state index in [4.69, 9.17) is 0 Å². The molecule has 1 rings (SSSR count). The zero-order valence-corrected chi connectivity index (χ0v) is 7.72. The fourth-order valence-electron chi connectivity index (χ4n) is 0.985. The Hall–Kier alpha value is -2.25. The highest BCUT2D eigenvalue weighted by molar-refractivity contribution is 5.75. The van der Waals surface area contributed by atoms with Crippen LogP contribution in [0, 0.1) is 10.1 Å². The second-order valence-electron chi connectivity index (χ2n) is 2.86. The van der Waals surface area contributed by atoms with Crippen molar-refractivity contribution in [3.05, 3.63) is 37.1 Å². The minimum atomic E-state index is -1.08. The number of nitrogens with one attached hydrogen (secondary N) is 1. The van der Waals surface area contributed by atoms with Crippen LogP contribution in [0.1, 0.15) is 6.92 Å². The summed E-state index contributed by atoms with van der Waals surface area (Å²) in [6.07, 6.45) is 0.753. The van der Waals surface area contributed by atoms with Crippen molar-refractivity contribution < 1.29 is 9.72 Å². The van der Waals surface area contributed by atoms with Crippen molar-refractivity contribution in [3.8, 4) is 0 Å². The zero-order chi connectivity index (χ0) is 11.6. The summed E-state index contributed by atoms with van der Waals surface area (Å²) in [5.41, 5.74) is -2.69. The Labute approximate surface area is 82.3 Å². The van der Waals surface area contributed by atoms with E-state index in [-0.39, 0.29) is 12.3 Å². The summed E-state index contributed by atoms with van der Waals surface area (Å²) in [5, 5.41) is 10.4. The number of nitrogens with zero attached hydrogens (tertiary/aromatic N) is 2. The molecule has 1 heterocycles. The number of hydrogen-bond donors (Lipinski definition) is 1. The molecule has 0 radical (unpaired) electrons. The fraction of sp³-hybridized carbons (Fsp3) is 0.286. The largest absolute Gasteiger partial charge is 0.350 e. The molecule has 0 unspecified atom stereocenters. The van der Waals surface area contributed by atoms with Gasteiger partial charge in [-0.25, -0.2) is 4.79 Å². The van der Waals surface area contributed by atoms with E-state index < -0.39 is 21.9 Å². The molecule has 0 aliphatic heterocycles. The van der Waals surface area contributed by atoms with Crippen molar-refractivity contribution in [2.45, 2.75) is 13.5 Å². The smallest absolute Gasteiger partial charge is 0.298 e. The maximum Gasteiger partial charge on any atom is 0.350 e. The lowest BCUT2D eigenvalue weighted by atomic mass is 10.4. The second-order valence-corrected chi connectivity index (χ2v) is 2.86. The molecule has 1 aromatic rings. The van der Waals surface area contributed by atoms with Gasteiger partial charge in [-0.15, -0.1) is 0 Å². The summed E-state index contributed by atoms with van der Waals surface area (Å²) in [4.78, 5) is 43.9. The first-order valence-corrected chi connectivity index (χ1v) is 3.89. The molecular weight excluding hydrogens is 206 g/mol. The fourth-order valence-corrected chi connectivity index (χ4v) is 0.985. The first-order chi connectivity index (χ1) is 6.91. The quantitative estimate of drug-likeness (QED) is 0.512. The molecule has 0 aliphatic carbocycles. The number of carbonyl (C=O) groups excluding carboxylic acids is 1. The van der Waals surface area contributed by atoms with Crippen molar-refractivity contribution in [2.24, 2.45) is 0 Å². The monoisotopic (exact) mass is 213 g/mol. The molecule has 0 saturated carbocycles. The van der Waals surface area contributed by atoms with Crippen LogP contribution < -0.4 is 11.2 Å².